The largest absolute Gasteiger partial charge is 0.398 e. The Hall–Kier alpha value is -1.26. The van der Waals surface area contributed by atoms with Crippen molar-refractivity contribution in [1.29, 1.82) is 0 Å². The first-order chi connectivity index (χ1) is 9.11. The van der Waals surface area contributed by atoms with Gasteiger partial charge in [0.05, 0.1) is 16.3 Å². The second kappa shape index (κ2) is 6.26. The fraction of sp³-hybridized carbons (Fsp3) is 0.500. The number of halogens is 1. The average molecular weight is 282 g/mol. The Balaban J connectivity index is 1.90. The van der Waals surface area contributed by atoms with Crippen molar-refractivity contribution in [3.8, 4) is 0 Å². The normalized spacial score (nSPS) is 19.6. The molecule has 5 heteroatoms. The fourth-order valence-electron chi connectivity index (χ4n) is 2.42. The smallest absolute Gasteiger partial charge is 0.252 e. The summed E-state index contributed by atoms with van der Waals surface area (Å²) in [4.78, 5) is 14.5. The zero-order valence-corrected chi connectivity index (χ0v) is 11.9. The summed E-state index contributed by atoms with van der Waals surface area (Å²) in [6.45, 7) is 6.11. The molecular weight excluding hydrogens is 262 g/mol. The average Bonchev–Trinajstić information content (AvgIpc) is 2.87. The first kappa shape index (κ1) is 14.2. The lowest BCUT2D eigenvalue weighted by Gasteiger charge is -2.14. The van der Waals surface area contributed by atoms with Gasteiger partial charge in [0.25, 0.3) is 5.91 Å². The minimum Gasteiger partial charge on any atom is -0.398 e. The summed E-state index contributed by atoms with van der Waals surface area (Å²) in [5.41, 5.74) is 6.58. The molecule has 1 aromatic carbocycles. The van der Waals surface area contributed by atoms with Crippen molar-refractivity contribution in [2.45, 2.75) is 13.3 Å². The molecule has 0 spiro atoms. The number of carbonyl (C=O) groups excluding carboxylic acids is 1. The van der Waals surface area contributed by atoms with Gasteiger partial charge in [-0.15, -0.1) is 0 Å². The SMILES string of the molecule is CCN1CCC(CNC(=O)c2cccc(N)c2Cl)C1. The third-order valence-corrected chi connectivity index (χ3v) is 4.06. The summed E-state index contributed by atoms with van der Waals surface area (Å²) in [5.74, 6) is 0.385. The molecule has 0 aliphatic carbocycles. The van der Waals surface area contributed by atoms with Gasteiger partial charge in [-0.1, -0.05) is 24.6 Å². The highest BCUT2D eigenvalue weighted by Crippen LogP contribution is 2.23. The van der Waals surface area contributed by atoms with Crippen molar-refractivity contribution in [2.24, 2.45) is 5.92 Å². The van der Waals surface area contributed by atoms with Crippen LogP contribution in [0.15, 0.2) is 18.2 Å². The summed E-state index contributed by atoms with van der Waals surface area (Å²) in [6.07, 6.45) is 1.14. The lowest BCUT2D eigenvalue weighted by molar-refractivity contribution is 0.0947. The summed E-state index contributed by atoms with van der Waals surface area (Å²) < 4.78 is 0. The summed E-state index contributed by atoms with van der Waals surface area (Å²) in [6, 6.07) is 5.13. The number of rotatable bonds is 4. The van der Waals surface area contributed by atoms with Crippen LogP contribution >= 0.6 is 11.6 Å². The van der Waals surface area contributed by atoms with E-state index in [1.165, 1.54) is 0 Å². The molecule has 1 aliphatic rings. The van der Waals surface area contributed by atoms with Crippen LogP contribution in [-0.4, -0.2) is 37.0 Å². The third-order valence-electron chi connectivity index (χ3n) is 3.64. The molecule has 1 amide bonds. The number of nitrogens with two attached hydrogens (primary N) is 1. The molecule has 1 atom stereocenters. The molecule has 0 bridgehead atoms. The first-order valence-electron chi connectivity index (χ1n) is 6.66. The van der Waals surface area contributed by atoms with Gasteiger partial charge in [-0.2, -0.15) is 0 Å². The maximum Gasteiger partial charge on any atom is 0.252 e. The van der Waals surface area contributed by atoms with E-state index in [0.29, 0.717) is 28.7 Å². The van der Waals surface area contributed by atoms with Crippen molar-refractivity contribution in [2.75, 3.05) is 31.9 Å². The number of nitrogen functional groups attached to an aromatic ring is 1. The maximum atomic E-state index is 12.1. The maximum absolute atomic E-state index is 12.1. The monoisotopic (exact) mass is 281 g/mol. The van der Waals surface area contributed by atoms with Gasteiger partial charge in [-0.3, -0.25) is 4.79 Å². The number of hydrogen-bond acceptors (Lipinski definition) is 3. The van der Waals surface area contributed by atoms with Crippen molar-refractivity contribution in [3.63, 3.8) is 0 Å². The van der Waals surface area contributed by atoms with Gasteiger partial charge >= 0.3 is 0 Å². The second-order valence-electron chi connectivity index (χ2n) is 4.97. The number of anilines is 1. The summed E-state index contributed by atoms with van der Waals surface area (Å²) >= 11 is 6.04. The number of nitrogens with one attached hydrogen (secondary N) is 1. The zero-order chi connectivity index (χ0) is 13.8. The molecule has 19 heavy (non-hydrogen) atoms. The highest BCUT2D eigenvalue weighted by atomic mass is 35.5. The van der Waals surface area contributed by atoms with Gasteiger partial charge in [0.15, 0.2) is 0 Å². The number of nitrogens with zero attached hydrogens (tertiary/aromatic N) is 1. The molecule has 4 nitrogen and oxygen atoms in total. The van der Waals surface area contributed by atoms with E-state index in [2.05, 4.69) is 17.1 Å². The zero-order valence-electron chi connectivity index (χ0n) is 11.2. The third kappa shape index (κ3) is 3.39. The lowest BCUT2D eigenvalue weighted by Crippen LogP contribution is -2.31. The van der Waals surface area contributed by atoms with Crippen LogP contribution in [0.2, 0.25) is 5.02 Å². The van der Waals surface area contributed by atoms with Crippen LogP contribution in [0.4, 0.5) is 5.69 Å². The van der Waals surface area contributed by atoms with E-state index < -0.39 is 0 Å². The molecule has 1 aromatic rings. The van der Waals surface area contributed by atoms with E-state index in [1.54, 1.807) is 18.2 Å². The number of benzene rings is 1. The van der Waals surface area contributed by atoms with E-state index >= 15 is 0 Å². The molecule has 0 saturated carbocycles. The fourth-order valence-corrected chi connectivity index (χ4v) is 2.64. The molecule has 2 rings (SSSR count). The molecule has 1 heterocycles. The van der Waals surface area contributed by atoms with Gasteiger partial charge in [-0.25, -0.2) is 0 Å². The molecule has 1 fully saturated rings. The summed E-state index contributed by atoms with van der Waals surface area (Å²) in [5, 5.41) is 3.28. The van der Waals surface area contributed by atoms with Crippen molar-refractivity contribution < 1.29 is 4.79 Å². The van der Waals surface area contributed by atoms with Crippen LogP contribution in [0, 0.1) is 5.92 Å². The van der Waals surface area contributed by atoms with Crippen LogP contribution < -0.4 is 11.1 Å². The molecule has 1 aliphatic heterocycles. The Labute approximate surface area is 118 Å². The van der Waals surface area contributed by atoms with E-state index in [9.17, 15) is 4.79 Å². The Morgan fingerprint density at radius 1 is 1.58 bits per heavy atom. The van der Waals surface area contributed by atoms with E-state index in [0.717, 1.165) is 26.1 Å². The van der Waals surface area contributed by atoms with E-state index in [1.807, 2.05) is 0 Å². The lowest BCUT2D eigenvalue weighted by atomic mass is 10.1. The topological polar surface area (TPSA) is 58.4 Å². The van der Waals surface area contributed by atoms with Crippen LogP contribution in [0.25, 0.3) is 0 Å². The van der Waals surface area contributed by atoms with Crippen LogP contribution in [0.3, 0.4) is 0 Å². The molecule has 1 saturated heterocycles. The van der Waals surface area contributed by atoms with Crippen molar-refractivity contribution in [1.82, 2.24) is 10.2 Å². The Kier molecular flexibility index (Phi) is 4.66. The summed E-state index contributed by atoms with van der Waals surface area (Å²) in [7, 11) is 0. The van der Waals surface area contributed by atoms with Crippen molar-refractivity contribution >= 4 is 23.2 Å². The number of carbonyl (C=O) groups is 1. The standard InChI is InChI=1S/C14H20ClN3O/c1-2-18-7-6-10(9-18)8-17-14(19)11-4-3-5-12(16)13(11)15/h3-5,10H,2,6-9,16H2,1H3,(H,17,19). The number of amides is 1. The van der Waals surface area contributed by atoms with Gasteiger partial charge in [-0.05, 0) is 37.6 Å². The highest BCUT2D eigenvalue weighted by Gasteiger charge is 2.22. The molecule has 0 aromatic heterocycles. The Morgan fingerprint density at radius 2 is 2.37 bits per heavy atom. The Morgan fingerprint density at radius 3 is 3.05 bits per heavy atom. The quantitative estimate of drug-likeness (QED) is 0.830. The predicted molar refractivity (Wildman–Crippen MR) is 78.4 cm³/mol. The van der Waals surface area contributed by atoms with Gasteiger partial charge < -0.3 is 16.0 Å². The first-order valence-corrected chi connectivity index (χ1v) is 7.04. The Bertz CT molecular complexity index is 464. The molecule has 0 radical (unpaired) electrons. The molecule has 1 unspecified atom stereocenters. The highest BCUT2D eigenvalue weighted by molar-refractivity contribution is 6.36. The van der Waals surface area contributed by atoms with Crippen molar-refractivity contribution in [3.05, 3.63) is 28.8 Å². The van der Waals surface area contributed by atoms with Crippen LogP contribution in [-0.2, 0) is 0 Å². The van der Waals surface area contributed by atoms with Gasteiger partial charge in [0.1, 0.15) is 0 Å². The van der Waals surface area contributed by atoms with Gasteiger partial charge in [0, 0.05) is 13.1 Å². The minimum absolute atomic E-state index is 0.146. The van der Waals surface area contributed by atoms with Crippen LogP contribution in [0.1, 0.15) is 23.7 Å². The van der Waals surface area contributed by atoms with Gasteiger partial charge in [0.2, 0.25) is 0 Å². The molecule has 104 valence electrons. The van der Waals surface area contributed by atoms with Crippen LogP contribution in [0.5, 0.6) is 0 Å². The number of likely N-dealkylation sites (tertiary alicyclic amines) is 1. The van der Waals surface area contributed by atoms with E-state index in [4.69, 9.17) is 17.3 Å². The molecular formula is C14H20ClN3O. The number of hydrogen-bond donors (Lipinski definition) is 2. The second-order valence-corrected chi connectivity index (χ2v) is 5.34. The molecule has 3 N–H and O–H groups in total. The van der Waals surface area contributed by atoms with E-state index in [-0.39, 0.29) is 5.91 Å². The predicted octanol–water partition coefficient (Wildman–Crippen LogP) is 1.99. The minimum atomic E-state index is -0.146.